The highest BCUT2D eigenvalue weighted by Crippen LogP contribution is 2.36. The molecule has 10 heteroatoms. The molecule has 0 unspecified atom stereocenters. The number of aromatic nitrogens is 6. The second kappa shape index (κ2) is 10.0. The molecule has 1 aliphatic heterocycles. The van der Waals surface area contributed by atoms with Crippen molar-refractivity contribution in [1.29, 1.82) is 0 Å². The molecule has 6 heterocycles. The maximum atomic E-state index is 16.2. The molecule has 204 valence electrons. The molecule has 1 saturated carbocycles. The van der Waals surface area contributed by atoms with E-state index in [1.54, 1.807) is 24.8 Å². The molecule has 1 aliphatic carbocycles. The van der Waals surface area contributed by atoms with E-state index in [4.69, 9.17) is 0 Å². The Balaban J connectivity index is 1.24. The van der Waals surface area contributed by atoms with E-state index in [-0.39, 0.29) is 5.69 Å². The van der Waals surface area contributed by atoms with Gasteiger partial charge in [-0.05, 0) is 37.9 Å². The number of nitrogens with zero attached hydrogens (tertiary/aromatic N) is 6. The van der Waals surface area contributed by atoms with Gasteiger partial charge in [0.05, 0.1) is 58.3 Å². The van der Waals surface area contributed by atoms with Gasteiger partial charge in [0.15, 0.2) is 5.82 Å². The number of allylic oxidation sites excluding steroid dienone is 1. The van der Waals surface area contributed by atoms with Crippen molar-refractivity contribution < 1.29 is 4.39 Å². The van der Waals surface area contributed by atoms with Crippen molar-refractivity contribution in [3.63, 3.8) is 0 Å². The molecule has 0 aromatic carbocycles. The summed E-state index contributed by atoms with van der Waals surface area (Å²) in [4.78, 5) is 21.4. The van der Waals surface area contributed by atoms with Crippen LogP contribution in [-0.4, -0.2) is 68.3 Å². The predicted molar refractivity (Wildman–Crippen MR) is 157 cm³/mol. The number of likely N-dealkylation sites (N-methyl/N-ethyl adjacent to an activating group) is 1. The van der Waals surface area contributed by atoms with E-state index in [0.29, 0.717) is 28.1 Å². The average molecular weight is 538 g/mol. The van der Waals surface area contributed by atoms with Crippen molar-refractivity contribution in [2.45, 2.75) is 25.7 Å². The first-order chi connectivity index (χ1) is 19.5. The number of pyridine rings is 3. The third kappa shape index (κ3) is 4.38. The summed E-state index contributed by atoms with van der Waals surface area (Å²) >= 11 is 0. The molecular weight excluding hydrogens is 505 g/mol. The number of halogens is 1. The van der Waals surface area contributed by atoms with Crippen molar-refractivity contribution in [2.75, 3.05) is 43.4 Å². The fourth-order valence-corrected chi connectivity index (χ4v) is 6.03. The molecule has 0 bridgehead atoms. The first-order valence-corrected chi connectivity index (χ1v) is 13.9. The summed E-state index contributed by atoms with van der Waals surface area (Å²) in [5, 5.41) is 12.3. The molecule has 40 heavy (non-hydrogen) atoms. The Morgan fingerprint density at radius 2 is 1.77 bits per heavy atom. The number of hydrogen-bond acceptors (Lipinski definition) is 7. The highest BCUT2D eigenvalue weighted by atomic mass is 19.1. The number of anilines is 2. The van der Waals surface area contributed by atoms with Crippen LogP contribution in [0, 0.1) is 11.7 Å². The van der Waals surface area contributed by atoms with Crippen LogP contribution >= 0.6 is 0 Å². The minimum atomic E-state index is -0.439. The number of hydrogen-bond donors (Lipinski definition) is 3. The van der Waals surface area contributed by atoms with E-state index in [9.17, 15) is 0 Å². The summed E-state index contributed by atoms with van der Waals surface area (Å²) in [6, 6.07) is 3.92. The van der Waals surface area contributed by atoms with Crippen LogP contribution in [0.25, 0.3) is 44.5 Å². The number of rotatable bonds is 6. The van der Waals surface area contributed by atoms with Crippen LogP contribution < -0.4 is 10.2 Å². The molecular formula is C30H32FN9. The summed E-state index contributed by atoms with van der Waals surface area (Å²) in [5.74, 6) is 0.0255. The number of aromatic amines is 2. The van der Waals surface area contributed by atoms with Crippen LogP contribution in [0.1, 0.15) is 25.7 Å². The molecule has 2 fully saturated rings. The molecule has 0 amide bonds. The Labute approximate surface area is 231 Å². The molecule has 0 spiro atoms. The van der Waals surface area contributed by atoms with Crippen molar-refractivity contribution in [3.05, 3.63) is 61.2 Å². The molecule has 0 radical (unpaired) electrons. The number of fused-ring (bicyclic) bond motifs is 2. The highest BCUT2D eigenvalue weighted by Gasteiger charge is 2.23. The molecule has 1 saturated heterocycles. The van der Waals surface area contributed by atoms with E-state index >= 15 is 4.39 Å². The van der Waals surface area contributed by atoms with E-state index in [1.807, 2.05) is 18.3 Å². The standard InChI is InChI=1S/C30H32FN9/c1-18(19-5-3-4-6-19)35-21-11-20(13-32-14-21)29-28(31)27-25(16-34-29)37-38-30(27)23-12-22-24(36-23)15-33-17-26(22)40-9-7-39(2)8-10-40/h11-17,19,35-36H,1,3-10H2,2H3,(H,37,38). The minimum absolute atomic E-state index is 0.230. The molecule has 9 nitrogen and oxygen atoms in total. The van der Waals surface area contributed by atoms with Gasteiger partial charge in [-0.2, -0.15) is 5.10 Å². The fourth-order valence-electron chi connectivity index (χ4n) is 6.03. The van der Waals surface area contributed by atoms with Gasteiger partial charge in [0, 0.05) is 49.0 Å². The van der Waals surface area contributed by atoms with Gasteiger partial charge in [-0.15, -0.1) is 0 Å². The summed E-state index contributed by atoms with van der Waals surface area (Å²) < 4.78 is 16.2. The van der Waals surface area contributed by atoms with Gasteiger partial charge in [0.2, 0.25) is 0 Å². The van der Waals surface area contributed by atoms with Crippen LogP contribution in [0.2, 0.25) is 0 Å². The lowest BCUT2D eigenvalue weighted by Crippen LogP contribution is -2.44. The van der Waals surface area contributed by atoms with E-state index < -0.39 is 5.82 Å². The van der Waals surface area contributed by atoms with Crippen molar-refractivity contribution in [1.82, 2.24) is 35.0 Å². The van der Waals surface area contributed by atoms with Gasteiger partial charge < -0.3 is 20.1 Å². The molecule has 3 N–H and O–H groups in total. The zero-order valence-electron chi connectivity index (χ0n) is 22.5. The van der Waals surface area contributed by atoms with E-state index in [0.717, 1.165) is 72.7 Å². The second-order valence-electron chi connectivity index (χ2n) is 11.0. The third-order valence-electron chi connectivity index (χ3n) is 8.33. The SMILES string of the molecule is C=C(Nc1cncc(-c2ncc3[nH]nc(-c4cc5c(N6CCN(C)CC6)cncc5[nH]4)c3c2F)c1)C1CCCC1. The average Bonchev–Trinajstić information content (AvgIpc) is 3.73. The van der Waals surface area contributed by atoms with Crippen LogP contribution in [0.3, 0.4) is 0 Å². The Kier molecular flexibility index (Phi) is 6.19. The number of piperazine rings is 1. The normalized spacial score (nSPS) is 16.8. The fraction of sp³-hybridized carbons (Fsp3) is 0.333. The van der Waals surface area contributed by atoms with Crippen molar-refractivity contribution in [2.24, 2.45) is 5.92 Å². The highest BCUT2D eigenvalue weighted by molar-refractivity contribution is 6.00. The molecule has 5 aromatic rings. The second-order valence-corrected chi connectivity index (χ2v) is 11.0. The molecule has 7 rings (SSSR count). The lowest BCUT2D eigenvalue weighted by molar-refractivity contribution is 0.313. The van der Waals surface area contributed by atoms with E-state index in [1.165, 1.54) is 12.8 Å². The lowest BCUT2D eigenvalue weighted by atomic mass is 10.0. The van der Waals surface area contributed by atoms with Crippen LogP contribution in [0.4, 0.5) is 15.8 Å². The predicted octanol–water partition coefficient (Wildman–Crippen LogP) is 5.57. The van der Waals surface area contributed by atoms with Crippen molar-refractivity contribution in [3.8, 4) is 22.6 Å². The number of nitrogens with one attached hydrogen (secondary N) is 3. The summed E-state index contributed by atoms with van der Waals surface area (Å²) in [5.41, 5.74) is 6.32. The summed E-state index contributed by atoms with van der Waals surface area (Å²) in [7, 11) is 2.14. The van der Waals surface area contributed by atoms with Gasteiger partial charge in [-0.1, -0.05) is 19.4 Å². The Hall–Kier alpha value is -4.31. The molecule has 2 aliphatic rings. The maximum absolute atomic E-state index is 16.2. The van der Waals surface area contributed by atoms with Gasteiger partial charge in [-0.25, -0.2) is 4.39 Å². The smallest absolute Gasteiger partial charge is 0.161 e. The van der Waals surface area contributed by atoms with Gasteiger partial charge in [0.1, 0.15) is 11.4 Å². The monoisotopic (exact) mass is 537 g/mol. The van der Waals surface area contributed by atoms with Crippen LogP contribution in [-0.2, 0) is 0 Å². The Bertz CT molecular complexity index is 1710. The maximum Gasteiger partial charge on any atom is 0.161 e. The number of H-pyrrole nitrogens is 2. The van der Waals surface area contributed by atoms with Gasteiger partial charge in [0.25, 0.3) is 0 Å². The minimum Gasteiger partial charge on any atom is -0.367 e. The van der Waals surface area contributed by atoms with Gasteiger partial charge in [-0.3, -0.25) is 20.1 Å². The Morgan fingerprint density at radius 3 is 2.60 bits per heavy atom. The van der Waals surface area contributed by atoms with Crippen LogP contribution in [0.5, 0.6) is 0 Å². The van der Waals surface area contributed by atoms with Crippen LogP contribution in [0.15, 0.2) is 55.4 Å². The first kappa shape index (κ1) is 24.7. The third-order valence-corrected chi connectivity index (χ3v) is 8.33. The lowest BCUT2D eigenvalue weighted by Gasteiger charge is -2.34. The topological polar surface area (TPSA) is 102 Å². The van der Waals surface area contributed by atoms with E-state index in [2.05, 4.69) is 58.9 Å². The summed E-state index contributed by atoms with van der Waals surface area (Å²) in [6.45, 7) is 8.10. The van der Waals surface area contributed by atoms with Gasteiger partial charge >= 0.3 is 0 Å². The Morgan fingerprint density at radius 1 is 0.975 bits per heavy atom. The molecule has 0 atom stereocenters. The molecule has 5 aromatic heterocycles. The van der Waals surface area contributed by atoms with Crippen molar-refractivity contribution >= 4 is 33.2 Å². The largest absolute Gasteiger partial charge is 0.367 e. The zero-order valence-corrected chi connectivity index (χ0v) is 22.5. The quantitative estimate of drug-likeness (QED) is 0.260. The first-order valence-electron chi connectivity index (χ1n) is 13.9. The summed E-state index contributed by atoms with van der Waals surface area (Å²) in [6.07, 6.45) is 13.5. The zero-order chi connectivity index (χ0) is 27.2.